The highest BCUT2D eigenvalue weighted by Gasteiger charge is 2.01. The molecule has 0 aliphatic heterocycles. The van der Waals surface area contributed by atoms with Crippen molar-refractivity contribution in [3.8, 4) is 5.75 Å². The van der Waals surface area contributed by atoms with Gasteiger partial charge in [0.25, 0.3) is 0 Å². The van der Waals surface area contributed by atoms with Gasteiger partial charge in [0.2, 0.25) is 5.91 Å². The molecule has 120 valence electrons. The fourth-order valence-corrected chi connectivity index (χ4v) is 2.02. The van der Waals surface area contributed by atoms with E-state index in [4.69, 9.17) is 4.74 Å². The second-order valence-electron chi connectivity index (χ2n) is 5.22. The second-order valence-corrected chi connectivity index (χ2v) is 5.22. The van der Waals surface area contributed by atoms with Gasteiger partial charge in [-0.05, 0) is 54.8 Å². The van der Waals surface area contributed by atoms with E-state index in [1.807, 2.05) is 32.0 Å². The number of aryl methyl sites for hydroxylation is 1. The summed E-state index contributed by atoms with van der Waals surface area (Å²) < 4.78 is 18.4. The highest BCUT2D eigenvalue weighted by Crippen LogP contribution is 2.20. The molecule has 0 aliphatic carbocycles. The lowest BCUT2D eigenvalue weighted by molar-refractivity contribution is -0.116. The summed E-state index contributed by atoms with van der Waals surface area (Å²) in [6, 6.07) is 11.8. The Bertz CT molecular complexity index is 693. The van der Waals surface area contributed by atoms with Crippen LogP contribution >= 0.6 is 0 Å². The van der Waals surface area contributed by atoms with E-state index in [-0.39, 0.29) is 11.7 Å². The molecule has 0 saturated carbocycles. The number of rotatable bonds is 6. The van der Waals surface area contributed by atoms with Crippen LogP contribution in [0.15, 0.2) is 48.5 Å². The normalized spacial score (nSPS) is 10.7. The number of amides is 1. The number of carbonyl (C=O) groups excluding carboxylic acids is 1. The smallest absolute Gasteiger partial charge is 0.244 e. The quantitative estimate of drug-likeness (QED) is 0.653. The summed E-state index contributed by atoms with van der Waals surface area (Å²) in [5, 5.41) is 2.74. The van der Waals surface area contributed by atoms with Crippen LogP contribution in [0.5, 0.6) is 5.75 Å². The first-order valence-corrected chi connectivity index (χ1v) is 7.47. The van der Waals surface area contributed by atoms with E-state index in [1.54, 1.807) is 18.2 Å². The van der Waals surface area contributed by atoms with E-state index in [0.29, 0.717) is 13.2 Å². The van der Waals surface area contributed by atoms with Gasteiger partial charge < -0.3 is 10.1 Å². The van der Waals surface area contributed by atoms with Crippen LogP contribution in [0, 0.1) is 19.7 Å². The van der Waals surface area contributed by atoms with Gasteiger partial charge in [-0.25, -0.2) is 4.39 Å². The molecular formula is C19H20FNO2. The minimum atomic E-state index is -0.296. The third-order valence-corrected chi connectivity index (χ3v) is 3.51. The zero-order valence-corrected chi connectivity index (χ0v) is 13.3. The van der Waals surface area contributed by atoms with Crippen LogP contribution in [0.4, 0.5) is 4.39 Å². The van der Waals surface area contributed by atoms with Crippen LogP contribution in [0.1, 0.15) is 16.7 Å². The monoisotopic (exact) mass is 313 g/mol. The Balaban J connectivity index is 1.74. The van der Waals surface area contributed by atoms with E-state index in [9.17, 15) is 9.18 Å². The molecule has 0 aliphatic rings. The lowest BCUT2D eigenvalue weighted by atomic mass is 10.1. The Morgan fingerprint density at radius 3 is 2.65 bits per heavy atom. The first-order valence-electron chi connectivity index (χ1n) is 7.47. The summed E-state index contributed by atoms with van der Waals surface area (Å²) in [6.07, 6.45) is 3.06. The van der Waals surface area contributed by atoms with Crippen LogP contribution in [0.25, 0.3) is 6.08 Å². The van der Waals surface area contributed by atoms with Crippen LogP contribution in [-0.2, 0) is 4.79 Å². The first-order chi connectivity index (χ1) is 11.1. The molecule has 3 nitrogen and oxygen atoms in total. The SMILES string of the molecule is Cc1cccc(OCCNC(=O)/C=C/c2ccc(F)cc2)c1C. The summed E-state index contributed by atoms with van der Waals surface area (Å²) in [6.45, 7) is 4.86. The number of hydrogen-bond donors (Lipinski definition) is 1. The third-order valence-electron chi connectivity index (χ3n) is 3.51. The molecule has 0 atom stereocenters. The van der Waals surface area contributed by atoms with Crippen molar-refractivity contribution in [3.05, 3.63) is 71.0 Å². The number of ether oxygens (including phenoxy) is 1. The molecule has 0 radical (unpaired) electrons. The molecular weight excluding hydrogens is 293 g/mol. The Hall–Kier alpha value is -2.62. The van der Waals surface area contributed by atoms with Gasteiger partial charge in [-0.1, -0.05) is 24.3 Å². The molecule has 2 aromatic rings. The molecule has 1 amide bonds. The van der Waals surface area contributed by atoms with Crippen molar-refractivity contribution in [1.29, 1.82) is 0 Å². The topological polar surface area (TPSA) is 38.3 Å². The zero-order valence-electron chi connectivity index (χ0n) is 13.3. The summed E-state index contributed by atoms with van der Waals surface area (Å²) in [4.78, 5) is 11.7. The van der Waals surface area contributed by atoms with E-state index < -0.39 is 0 Å². The summed E-state index contributed by atoms with van der Waals surface area (Å²) in [5.74, 6) is 0.329. The molecule has 0 unspecified atom stereocenters. The van der Waals surface area contributed by atoms with Crippen molar-refractivity contribution in [2.24, 2.45) is 0 Å². The van der Waals surface area contributed by atoms with Gasteiger partial charge in [0.1, 0.15) is 18.2 Å². The lowest BCUT2D eigenvalue weighted by Crippen LogP contribution is -2.26. The standard InChI is InChI=1S/C19H20FNO2/c1-14-4-3-5-18(15(14)2)23-13-12-21-19(22)11-8-16-6-9-17(20)10-7-16/h3-11H,12-13H2,1-2H3,(H,21,22)/b11-8+. The first kappa shape index (κ1) is 16.7. The van der Waals surface area contributed by atoms with Gasteiger partial charge in [0, 0.05) is 6.08 Å². The van der Waals surface area contributed by atoms with Crippen molar-refractivity contribution < 1.29 is 13.9 Å². The predicted molar refractivity (Wildman–Crippen MR) is 89.9 cm³/mol. The molecule has 23 heavy (non-hydrogen) atoms. The maximum absolute atomic E-state index is 12.8. The number of halogens is 1. The molecule has 2 rings (SSSR count). The number of hydrogen-bond acceptors (Lipinski definition) is 2. The van der Waals surface area contributed by atoms with Gasteiger partial charge in [-0.3, -0.25) is 4.79 Å². The van der Waals surface area contributed by atoms with Crippen LogP contribution in [-0.4, -0.2) is 19.1 Å². The average Bonchev–Trinajstić information content (AvgIpc) is 2.55. The zero-order chi connectivity index (χ0) is 16.7. The van der Waals surface area contributed by atoms with E-state index in [0.717, 1.165) is 16.9 Å². The molecule has 0 spiro atoms. The van der Waals surface area contributed by atoms with Crippen LogP contribution < -0.4 is 10.1 Å². The van der Waals surface area contributed by atoms with Crippen molar-refractivity contribution in [2.75, 3.05) is 13.2 Å². The van der Waals surface area contributed by atoms with E-state index in [1.165, 1.54) is 23.8 Å². The van der Waals surface area contributed by atoms with Gasteiger partial charge in [0.05, 0.1) is 6.54 Å². The molecule has 2 aromatic carbocycles. The summed E-state index contributed by atoms with van der Waals surface area (Å²) in [7, 11) is 0. The minimum absolute atomic E-state index is 0.209. The molecule has 0 aromatic heterocycles. The molecule has 0 fully saturated rings. The molecule has 0 saturated heterocycles. The summed E-state index contributed by atoms with van der Waals surface area (Å²) in [5.41, 5.74) is 3.05. The number of carbonyl (C=O) groups is 1. The minimum Gasteiger partial charge on any atom is -0.491 e. The molecule has 1 N–H and O–H groups in total. The number of nitrogens with one attached hydrogen (secondary N) is 1. The van der Waals surface area contributed by atoms with Gasteiger partial charge >= 0.3 is 0 Å². The Morgan fingerprint density at radius 1 is 1.17 bits per heavy atom. The van der Waals surface area contributed by atoms with Gasteiger partial charge in [-0.2, -0.15) is 0 Å². The maximum atomic E-state index is 12.8. The lowest BCUT2D eigenvalue weighted by Gasteiger charge is -2.10. The highest BCUT2D eigenvalue weighted by molar-refractivity contribution is 5.91. The predicted octanol–water partition coefficient (Wildman–Crippen LogP) is 3.65. The fourth-order valence-electron chi connectivity index (χ4n) is 2.02. The fraction of sp³-hybridized carbons (Fsp3) is 0.211. The van der Waals surface area contributed by atoms with Crippen molar-refractivity contribution in [2.45, 2.75) is 13.8 Å². The second kappa shape index (κ2) is 8.13. The Kier molecular flexibility index (Phi) is 5.92. The van der Waals surface area contributed by atoms with E-state index >= 15 is 0 Å². The van der Waals surface area contributed by atoms with Gasteiger partial charge in [0.15, 0.2) is 0 Å². The third kappa shape index (κ3) is 5.25. The van der Waals surface area contributed by atoms with Crippen LogP contribution in [0.2, 0.25) is 0 Å². The Labute approximate surface area is 135 Å². The van der Waals surface area contributed by atoms with Crippen molar-refractivity contribution >= 4 is 12.0 Å². The largest absolute Gasteiger partial charge is 0.491 e. The Morgan fingerprint density at radius 2 is 1.91 bits per heavy atom. The average molecular weight is 313 g/mol. The van der Waals surface area contributed by atoms with Crippen molar-refractivity contribution in [1.82, 2.24) is 5.32 Å². The highest BCUT2D eigenvalue weighted by atomic mass is 19.1. The van der Waals surface area contributed by atoms with E-state index in [2.05, 4.69) is 5.32 Å². The molecule has 0 heterocycles. The van der Waals surface area contributed by atoms with Gasteiger partial charge in [-0.15, -0.1) is 0 Å². The molecule has 0 bridgehead atoms. The van der Waals surface area contributed by atoms with Crippen LogP contribution in [0.3, 0.4) is 0 Å². The van der Waals surface area contributed by atoms with Crippen molar-refractivity contribution in [3.63, 3.8) is 0 Å². The maximum Gasteiger partial charge on any atom is 0.244 e. The summed E-state index contributed by atoms with van der Waals surface area (Å²) >= 11 is 0. The number of benzene rings is 2. The molecule has 4 heteroatoms.